The number of hydrogen-bond acceptors (Lipinski definition) is 4. The second-order valence-electron chi connectivity index (χ2n) is 0.998. The summed E-state index contributed by atoms with van der Waals surface area (Å²) < 4.78 is 0. The van der Waals surface area contributed by atoms with E-state index in [1.165, 1.54) is 0 Å². The lowest BCUT2D eigenvalue weighted by atomic mass is 9.85. The van der Waals surface area contributed by atoms with E-state index in [4.69, 9.17) is 15.2 Å². The van der Waals surface area contributed by atoms with Gasteiger partial charge in [-0.2, -0.15) is 0 Å². The molecular weight excluding hydrogens is 98.8 g/mol. The summed E-state index contributed by atoms with van der Waals surface area (Å²) in [6, 6.07) is 0. The van der Waals surface area contributed by atoms with Crippen LogP contribution in [0.25, 0.3) is 0 Å². The molecule has 5 heteroatoms. The summed E-state index contributed by atoms with van der Waals surface area (Å²) >= 11 is 0. The van der Waals surface area contributed by atoms with Gasteiger partial charge in [0.2, 0.25) is 0 Å². The Labute approximate surface area is 40.5 Å². The average molecular weight is 104 g/mol. The Morgan fingerprint density at radius 3 is 2.00 bits per heavy atom. The molecule has 0 bridgehead atoms. The molecule has 0 aliphatic rings. The molecule has 40 valence electrons. The van der Waals surface area contributed by atoms with Crippen molar-refractivity contribution in [1.82, 2.24) is 0 Å². The van der Waals surface area contributed by atoms with E-state index < -0.39 is 19.4 Å². The molecule has 0 saturated heterocycles. The highest BCUT2D eigenvalue weighted by Gasteiger charge is 2.16. The largest absolute Gasteiger partial charge is 0.529 e. The van der Waals surface area contributed by atoms with Crippen molar-refractivity contribution < 1.29 is 19.9 Å². The lowest BCUT2D eigenvalue weighted by Crippen LogP contribution is -2.28. The van der Waals surface area contributed by atoms with E-state index >= 15 is 0 Å². The van der Waals surface area contributed by atoms with Gasteiger partial charge in [0.1, 0.15) is 0 Å². The fourth-order valence-corrected chi connectivity index (χ4v) is 0.0816. The van der Waals surface area contributed by atoms with Gasteiger partial charge in [-0.15, -0.1) is 0 Å². The van der Waals surface area contributed by atoms with E-state index in [1.807, 2.05) is 0 Å². The molecule has 0 rings (SSSR count). The Balaban J connectivity index is 3.35. The van der Waals surface area contributed by atoms with E-state index in [1.54, 1.807) is 0 Å². The third-order valence-corrected chi connectivity index (χ3v) is 0.444. The maximum Gasteiger partial charge on any atom is 0.529 e. The van der Waals surface area contributed by atoms with Crippen molar-refractivity contribution >= 4 is 12.8 Å². The average Bonchev–Trinajstić information content (AvgIpc) is 1.65. The highest BCUT2D eigenvalue weighted by molar-refractivity contribution is 6.78. The molecule has 3 N–H and O–H groups in total. The number of carbonyl (C=O) groups is 1. The van der Waals surface area contributed by atoms with Crippen LogP contribution in [0.15, 0.2) is 0 Å². The second kappa shape index (κ2) is 2.73. The van der Waals surface area contributed by atoms with Crippen LogP contribution in [0.5, 0.6) is 0 Å². The molecule has 0 fully saturated rings. The molecule has 0 heterocycles. The minimum Gasteiger partial charge on any atom is -0.421 e. The topological polar surface area (TPSA) is 77.8 Å². The monoisotopic (exact) mass is 104 g/mol. The van der Waals surface area contributed by atoms with E-state index in [0.717, 1.165) is 0 Å². The molecule has 0 aromatic rings. The van der Waals surface area contributed by atoms with Gasteiger partial charge in [0.05, 0.1) is 6.61 Å². The maximum atomic E-state index is 9.76. The zero-order chi connectivity index (χ0) is 5.86. The third-order valence-electron chi connectivity index (χ3n) is 0.444. The predicted octanol–water partition coefficient (Wildman–Crippen LogP) is -2.44. The molecule has 0 radical (unpaired) electrons. The van der Waals surface area contributed by atoms with Gasteiger partial charge in [-0.1, -0.05) is 0 Å². The van der Waals surface area contributed by atoms with Crippen LogP contribution >= 0.6 is 0 Å². The standard InChI is InChI=1S/C2H5BO4/c4-1-2(5)3(6)7/h4,6-7H,1H2. The van der Waals surface area contributed by atoms with Crippen molar-refractivity contribution in [3.05, 3.63) is 0 Å². The van der Waals surface area contributed by atoms with Gasteiger partial charge in [0.15, 0.2) is 5.68 Å². The van der Waals surface area contributed by atoms with Crippen LogP contribution < -0.4 is 0 Å². The molecule has 0 aromatic heterocycles. The van der Waals surface area contributed by atoms with Crippen LogP contribution in [0.2, 0.25) is 0 Å². The molecule has 0 aromatic carbocycles. The van der Waals surface area contributed by atoms with Gasteiger partial charge >= 0.3 is 7.12 Å². The number of aliphatic hydroxyl groups is 1. The molecule has 0 amide bonds. The molecule has 0 spiro atoms. The molecular formula is C2H5BO4. The highest BCUT2D eigenvalue weighted by Crippen LogP contribution is 1.68. The van der Waals surface area contributed by atoms with Crippen molar-refractivity contribution in [2.75, 3.05) is 6.61 Å². The van der Waals surface area contributed by atoms with E-state index in [-0.39, 0.29) is 0 Å². The van der Waals surface area contributed by atoms with Crippen molar-refractivity contribution in [2.24, 2.45) is 0 Å². The fraction of sp³-hybridized carbons (Fsp3) is 0.500. The van der Waals surface area contributed by atoms with Crippen LogP contribution in [-0.2, 0) is 4.79 Å². The van der Waals surface area contributed by atoms with Crippen LogP contribution in [0.1, 0.15) is 0 Å². The van der Waals surface area contributed by atoms with Crippen LogP contribution in [0.4, 0.5) is 0 Å². The number of rotatable bonds is 2. The smallest absolute Gasteiger partial charge is 0.421 e. The lowest BCUT2D eigenvalue weighted by molar-refractivity contribution is -0.116. The normalized spacial score (nSPS) is 8.43. The summed E-state index contributed by atoms with van der Waals surface area (Å²) in [6.07, 6.45) is 0. The Morgan fingerprint density at radius 2 is 2.00 bits per heavy atom. The van der Waals surface area contributed by atoms with Gasteiger partial charge < -0.3 is 19.9 Å². The van der Waals surface area contributed by atoms with Gasteiger partial charge in [-0.25, -0.2) is 0 Å². The highest BCUT2D eigenvalue weighted by atomic mass is 16.4. The first kappa shape index (κ1) is 6.61. The van der Waals surface area contributed by atoms with Crippen molar-refractivity contribution in [1.29, 1.82) is 0 Å². The SMILES string of the molecule is O=C(CO)B(O)O. The Hall–Kier alpha value is -0.385. The van der Waals surface area contributed by atoms with Gasteiger partial charge in [0, 0.05) is 0 Å². The zero-order valence-corrected chi connectivity index (χ0v) is 3.53. The second-order valence-corrected chi connectivity index (χ2v) is 0.998. The number of aliphatic hydroxyl groups excluding tert-OH is 1. The number of hydrogen-bond donors (Lipinski definition) is 3. The van der Waals surface area contributed by atoms with Crippen LogP contribution in [0.3, 0.4) is 0 Å². The van der Waals surface area contributed by atoms with Gasteiger partial charge in [0.25, 0.3) is 0 Å². The summed E-state index contributed by atoms with van der Waals surface area (Å²) in [7, 11) is -2.02. The molecule has 0 aliphatic carbocycles. The first-order valence-corrected chi connectivity index (χ1v) is 1.68. The fourth-order valence-electron chi connectivity index (χ4n) is 0.0816. The molecule has 7 heavy (non-hydrogen) atoms. The Bertz CT molecular complexity index is 70.1. The first-order valence-electron chi connectivity index (χ1n) is 1.68. The van der Waals surface area contributed by atoms with Crippen LogP contribution in [-0.4, -0.2) is 34.6 Å². The molecule has 0 aliphatic heterocycles. The minimum atomic E-state index is -2.02. The lowest BCUT2D eigenvalue weighted by Gasteiger charge is -1.87. The first-order chi connectivity index (χ1) is 3.18. The maximum absolute atomic E-state index is 9.76. The number of carbonyl (C=O) groups excluding carboxylic acids is 1. The minimum absolute atomic E-state index is 0.822. The van der Waals surface area contributed by atoms with Crippen molar-refractivity contribution in [3.8, 4) is 0 Å². The third kappa shape index (κ3) is 2.33. The summed E-state index contributed by atoms with van der Waals surface area (Å²) in [4.78, 5) is 9.76. The van der Waals surface area contributed by atoms with Crippen molar-refractivity contribution in [3.63, 3.8) is 0 Å². The molecule has 4 nitrogen and oxygen atoms in total. The summed E-state index contributed by atoms with van der Waals surface area (Å²) in [5, 5.41) is 23.6. The molecule has 0 atom stereocenters. The quantitative estimate of drug-likeness (QED) is 0.340. The summed E-state index contributed by atoms with van der Waals surface area (Å²) in [5.41, 5.74) is -0.986. The van der Waals surface area contributed by atoms with E-state index in [2.05, 4.69) is 0 Å². The van der Waals surface area contributed by atoms with Crippen LogP contribution in [0, 0.1) is 0 Å². The van der Waals surface area contributed by atoms with E-state index in [9.17, 15) is 4.79 Å². The van der Waals surface area contributed by atoms with Crippen molar-refractivity contribution in [2.45, 2.75) is 0 Å². The predicted molar refractivity (Wildman–Crippen MR) is 22.3 cm³/mol. The molecule has 0 unspecified atom stereocenters. The molecule has 0 saturated carbocycles. The zero-order valence-electron chi connectivity index (χ0n) is 3.53. The Kier molecular flexibility index (Phi) is 2.58. The van der Waals surface area contributed by atoms with E-state index in [0.29, 0.717) is 0 Å². The van der Waals surface area contributed by atoms with Gasteiger partial charge in [-0.3, -0.25) is 0 Å². The summed E-state index contributed by atoms with van der Waals surface area (Å²) in [5.74, 6) is 0. The Morgan fingerprint density at radius 1 is 1.57 bits per heavy atom. The summed E-state index contributed by atoms with van der Waals surface area (Å²) in [6.45, 7) is -0.822. The van der Waals surface area contributed by atoms with Gasteiger partial charge in [-0.05, 0) is 0 Å².